The topological polar surface area (TPSA) is 26.0 Å². The number of hydrogen-bond donors (Lipinski definition) is 1. The number of halogens is 3. The maximum Gasteiger partial charge on any atom is 0.256 e. The Morgan fingerprint density at radius 3 is 2.47 bits per heavy atom. The summed E-state index contributed by atoms with van der Waals surface area (Å²) in [5.74, 6) is -0.391. The molecule has 15 heavy (non-hydrogen) atoms. The summed E-state index contributed by atoms with van der Waals surface area (Å²) in [7, 11) is 0. The molecule has 0 heterocycles. The second-order valence-corrected chi connectivity index (χ2v) is 4.07. The fourth-order valence-corrected chi connectivity index (χ4v) is 1.26. The summed E-state index contributed by atoms with van der Waals surface area (Å²) < 4.78 is 38.0. The van der Waals surface area contributed by atoms with Gasteiger partial charge in [0.1, 0.15) is 5.82 Å². The van der Waals surface area contributed by atoms with Crippen LogP contribution in [0.4, 0.5) is 13.2 Å². The molecule has 1 aromatic rings. The van der Waals surface area contributed by atoms with Crippen molar-refractivity contribution in [3.05, 3.63) is 35.1 Å². The summed E-state index contributed by atoms with van der Waals surface area (Å²) in [5.41, 5.74) is 4.78. The van der Waals surface area contributed by atoms with Crippen LogP contribution in [0.25, 0.3) is 0 Å². The molecule has 0 saturated heterocycles. The van der Waals surface area contributed by atoms with Crippen LogP contribution < -0.4 is 5.73 Å². The standard InChI is InChI=1S/C11H14F3N/c1-7-3-4-8(5-9(7)12)6-11(2,15)10(13)14/h3-5,10H,6,15H2,1-2H3. The first-order valence-corrected chi connectivity index (χ1v) is 4.65. The molecule has 0 radical (unpaired) electrons. The van der Waals surface area contributed by atoms with Gasteiger partial charge in [0.15, 0.2) is 0 Å². The minimum Gasteiger partial charge on any atom is -0.320 e. The van der Waals surface area contributed by atoms with Gasteiger partial charge in [0.05, 0.1) is 5.54 Å². The van der Waals surface area contributed by atoms with Gasteiger partial charge < -0.3 is 5.73 Å². The molecule has 0 aliphatic carbocycles. The van der Waals surface area contributed by atoms with E-state index >= 15 is 0 Å². The van der Waals surface area contributed by atoms with Crippen molar-refractivity contribution in [1.29, 1.82) is 0 Å². The van der Waals surface area contributed by atoms with Gasteiger partial charge >= 0.3 is 0 Å². The van der Waals surface area contributed by atoms with Crippen LogP contribution in [0.1, 0.15) is 18.1 Å². The highest BCUT2D eigenvalue weighted by Gasteiger charge is 2.30. The molecular formula is C11H14F3N. The second-order valence-electron chi connectivity index (χ2n) is 4.07. The molecule has 1 aromatic carbocycles. The molecule has 0 aliphatic rings. The van der Waals surface area contributed by atoms with E-state index < -0.39 is 17.8 Å². The zero-order valence-corrected chi connectivity index (χ0v) is 8.73. The Kier molecular flexibility index (Phi) is 3.39. The highest BCUT2D eigenvalue weighted by Crippen LogP contribution is 2.19. The Bertz CT molecular complexity index is 348. The molecule has 4 heteroatoms. The van der Waals surface area contributed by atoms with Gasteiger partial charge in [-0.25, -0.2) is 13.2 Å². The largest absolute Gasteiger partial charge is 0.320 e. The van der Waals surface area contributed by atoms with Crippen LogP contribution in [-0.2, 0) is 6.42 Å². The first-order valence-electron chi connectivity index (χ1n) is 4.65. The fourth-order valence-electron chi connectivity index (χ4n) is 1.26. The van der Waals surface area contributed by atoms with Crippen molar-refractivity contribution in [3.8, 4) is 0 Å². The van der Waals surface area contributed by atoms with Crippen LogP contribution in [0.3, 0.4) is 0 Å². The molecule has 0 saturated carbocycles. The van der Waals surface area contributed by atoms with Crippen molar-refractivity contribution in [1.82, 2.24) is 0 Å². The summed E-state index contributed by atoms with van der Waals surface area (Å²) in [4.78, 5) is 0. The highest BCUT2D eigenvalue weighted by atomic mass is 19.3. The third kappa shape index (κ3) is 2.96. The van der Waals surface area contributed by atoms with E-state index in [1.807, 2.05) is 0 Å². The molecule has 0 aliphatic heterocycles. The molecule has 0 aromatic heterocycles. The number of benzene rings is 1. The third-order valence-electron chi connectivity index (χ3n) is 2.32. The van der Waals surface area contributed by atoms with Crippen LogP contribution in [0, 0.1) is 12.7 Å². The van der Waals surface area contributed by atoms with Crippen molar-refractivity contribution >= 4 is 0 Å². The molecule has 1 atom stereocenters. The molecule has 1 nitrogen and oxygen atoms in total. The summed E-state index contributed by atoms with van der Waals surface area (Å²) in [5, 5.41) is 0. The number of hydrogen-bond acceptors (Lipinski definition) is 1. The monoisotopic (exact) mass is 217 g/mol. The number of alkyl halides is 2. The molecule has 0 fully saturated rings. The van der Waals surface area contributed by atoms with Gasteiger partial charge in [-0.15, -0.1) is 0 Å². The van der Waals surface area contributed by atoms with Crippen LogP contribution in [0.5, 0.6) is 0 Å². The Morgan fingerprint density at radius 1 is 1.40 bits per heavy atom. The minimum absolute atomic E-state index is 0.0398. The van der Waals surface area contributed by atoms with Gasteiger partial charge in [0.25, 0.3) is 6.43 Å². The zero-order chi connectivity index (χ0) is 11.6. The average molecular weight is 217 g/mol. The number of nitrogens with two attached hydrogens (primary N) is 1. The van der Waals surface area contributed by atoms with Crippen LogP contribution in [0.2, 0.25) is 0 Å². The van der Waals surface area contributed by atoms with Gasteiger partial charge in [0.2, 0.25) is 0 Å². The Labute approximate surface area is 87.1 Å². The highest BCUT2D eigenvalue weighted by molar-refractivity contribution is 5.24. The van der Waals surface area contributed by atoms with Gasteiger partial charge in [-0.05, 0) is 37.5 Å². The average Bonchev–Trinajstić information content (AvgIpc) is 2.10. The van der Waals surface area contributed by atoms with Crippen molar-refractivity contribution in [2.75, 3.05) is 0 Å². The van der Waals surface area contributed by atoms with Crippen molar-refractivity contribution in [2.24, 2.45) is 5.73 Å². The van der Waals surface area contributed by atoms with E-state index in [4.69, 9.17) is 5.73 Å². The summed E-state index contributed by atoms with van der Waals surface area (Å²) in [6.45, 7) is 2.88. The van der Waals surface area contributed by atoms with Gasteiger partial charge in [-0.1, -0.05) is 12.1 Å². The quantitative estimate of drug-likeness (QED) is 0.827. The van der Waals surface area contributed by atoms with E-state index in [1.165, 1.54) is 13.0 Å². The lowest BCUT2D eigenvalue weighted by atomic mass is 9.94. The molecule has 84 valence electrons. The van der Waals surface area contributed by atoms with Gasteiger partial charge in [0, 0.05) is 0 Å². The fraction of sp³-hybridized carbons (Fsp3) is 0.455. The summed E-state index contributed by atoms with van der Waals surface area (Å²) in [6, 6.07) is 4.43. The lowest BCUT2D eigenvalue weighted by Gasteiger charge is -2.23. The lowest BCUT2D eigenvalue weighted by molar-refractivity contribution is 0.0639. The predicted octanol–water partition coefficient (Wildman–Crippen LogP) is 2.66. The smallest absolute Gasteiger partial charge is 0.256 e. The van der Waals surface area contributed by atoms with Gasteiger partial charge in [-0.3, -0.25) is 0 Å². The van der Waals surface area contributed by atoms with Crippen molar-refractivity contribution < 1.29 is 13.2 Å². The molecule has 0 spiro atoms. The SMILES string of the molecule is Cc1ccc(CC(C)(N)C(F)F)cc1F. The summed E-state index contributed by atoms with van der Waals surface area (Å²) >= 11 is 0. The lowest BCUT2D eigenvalue weighted by Crippen LogP contribution is -2.45. The normalized spacial score (nSPS) is 15.4. The number of rotatable bonds is 3. The molecular weight excluding hydrogens is 203 g/mol. The first-order chi connectivity index (χ1) is 6.83. The van der Waals surface area contributed by atoms with E-state index in [0.29, 0.717) is 11.1 Å². The Morgan fingerprint density at radius 2 is 2.00 bits per heavy atom. The first kappa shape index (κ1) is 12.0. The molecule has 0 amide bonds. The van der Waals surface area contributed by atoms with E-state index in [9.17, 15) is 13.2 Å². The van der Waals surface area contributed by atoms with Gasteiger partial charge in [-0.2, -0.15) is 0 Å². The molecule has 0 bridgehead atoms. The van der Waals surface area contributed by atoms with Crippen LogP contribution in [0.15, 0.2) is 18.2 Å². The Balaban J connectivity index is 2.86. The van der Waals surface area contributed by atoms with E-state index in [1.54, 1.807) is 19.1 Å². The maximum absolute atomic E-state index is 13.1. The maximum atomic E-state index is 13.1. The minimum atomic E-state index is -2.62. The van der Waals surface area contributed by atoms with E-state index in [0.717, 1.165) is 0 Å². The number of aryl methyl sites for hydroxylation is 1. The Hall–Kier alpha value is -1.03. The van der Waals surface area contributed by atoms with Crippen molar-refractivity contribution in [2.45, 2.75) is 32.2 Å². The molecule has 2 N–H and O–H groups in total. The summed E-state index contributed by atoms with van der Waals surface area (Å²) in [6.07, 6.45) is -2.66. The molecule has 1 rings (SSSR count). The second kappa shape index (κ2) is 4.23. The third-order valence-corrected chi connectivity index (χ3v) is 2.32. The van der Waals surface area contributed by atoms with E-state index in [2.05, 4.69) is 0 Å². The predicted molar refractivity (Wildman–Crippen MR) is 53.4 cm³/mol. The van der Waals surface area contributed by atoms with Crippen molar-refractivity contribution in [3.63, 3.8) is 0 Å². The zero-order valence-electron chi connectivity index (χ0n) is 8.73. The van der Waals surface area contributed by atoms with Crippen LogP contribution >= 0.6 is 0 Å². The van der Waals surface area contributed by atoms with Crippen LogP contribution in [-0.4, -0.2) is 12.0 Å². The molecule has 1 unspecified atom stereocenters. The van der Waals surface area contributed by atoms with E-state index in [-0.39, 0.29) is 6.42 Å².